The van der Waals surface area contributed by atoms with Gasteiger partial charge >= 0.3 is 0 Å². The van der Waals surface area contributed by atoms with Crippen LogP contribution in [0.15, 0.2) is 18.3 Å². The molecule has 0 aliphatic carbocycles. The van der Waals surface area contributed by atoms with Gasteiger partial charge in [0.05, 0.1) is 5.56 Å². The summed E-state index contributed by atoms with van der Waals surface area (Å²) in [7, 11) is 3.18. The molecule has 3 N–H and O–H groups in total. The summed E-state index contributed by atoms with van der Waals surface area (Å²) < 4.78 is 10.1. The highest BCUT2D eigenvalue weighted by atomic mass is 16.7. The van der Waals surface area contributed by atoms with Crippen molar-refractivity contribution < 1.29 is 14.3 Å². The first-order chi connectivity index (χ1) is 8.67. The molecular formula is C12H19N3O3. The van der Waals surface area contributed by atoms with Gasteiger partial charge < -0.3 is 20.5 Å². The van der Waals surface area contributed by atoms with Gasteiger partial charge in [-0.05, 0) is 18.6 Å². The second-order valence-corrected chi connectivity index (χ2v) is 3.77. The smallest absolute Gasteiger partial charge is 0.252 e. The molecule has 0 radical (unpaired) electrons. The molecule has 0 aliphatic heterocycles. The van der Waals surface area contributed by atoms with E-state index < -0.39 is 0 Å². The second-order valence-electron chi connectivity index (χ2n) is 3.77. The lowest BCUT2D eigenvalue weighted by Gasteiger charge is -2.13. The number of carbonyl (C=O) groups excluding carboxylic acids is 1. The minimum Gasteiger partial charge on any atom is -0.384 e. The van der Waals surface area contributed by atoms with Gasteiger partial charge in [0.25, 0.3) is 5.91 Å². The van der Waals surface area contributed by atoms with Crippen LogP contribution in [0.4, 0.5) is 5.82 Å². The molecule has 100 valence electrons. The summed E-state index contributed by atoms with van der Waals surface area (Å²) in [4.78, 5) is 15.5. The standard InChI is InChI=1S/C12H19N3O3/c1-17-11(18-2)4-3-7-14-12(16)9-5-6-10(13)15-8-9/h5-6,8,11H,3-4,7H2,1-2H3,(H2,13,15)(H,14,16). The molecule has 1 amide bonds. The Morgan fingerprint density at radius 2 is 2.17 bits per heavy atom. The molecule has 0 bridgehead atoms. The summed E-state index contributed by atoms with van der Waals surface area (Å²) in [5.74, 6) is 0.239. The summed E-state index contributed by atoms with van der Waals surface area (Å²) in [6, 6.07) is 3.24. The average molecular weight is 253 g/mol. The van der Waals surface area contributed by atoms with Crippen molar-refractivity contribution in [2.75, 3.05) is 26.5 Å². The van der Waals surface area contributed by atoms with Crippen LogP contribution in [0, 0.1) is 0 Å². The SMILES string of the molecule is COC(CCCNC(=O)c1ccc(N)nc1)OC. The molecule has 0 fully saturated rings. The van der Waals surface area contributed by atoms with Crippen molar-refractivity contribution >= 4 is 11.7 Å². The summed E-state index contributed by atoms with van der Waals surface area (Å²) in [5, 5.41) is 2.79. The topological polar surface area (TPSA) is 86.5 Å². The molecule has 1 aromatic rings. The van der Waals surface area contributed by atoms with Crippen LogP contribution in [0.1, 0.15) is 23.2 Å². The van der Waals surface area contributed by atoms with Gasteiger partial charge in [-0.2, -0.15) is 0 Å². The number of nitrogens with two attached hydrogens (primary N) is 1. The van der Waals surface area contributed by atoms with Crippen molar-refractivity contribution in [2.24, 2.45) is 0 Å². The third kappa shape index (κ3) is 4.68. The highest BCUT2D eigenvalue weighted by Gasteiger charge is 2.07. The van der Waals surface area contributed by atoms with Gasteiger partial charge in [0.1, 0.15) is 5.82 Å². The van der Waals surface area contributed by atoms with Gasteiger partial charge in [-0.25, -0.2) is 4.98 Å². The zero-order chi connectivity index (χ0) is 13.4. The first kappa shape index (κ1) is 14.4. The first-order valence-corrected chi connectivity index (χ1v) is 5.72. The molecule has 6 nitrogen and oxygen atoms in total. The predicted molar refractivity (Wildman–Crippen MR) is 68.0 cm³/mol. The van der Waals surface area contributed by atoms with Gasteiger partial charge in [-0.3, -0.25) is 4.79 Å². The number of ether oxygens (including phenoxy) is 2. The number of methoxy groups -OCH3 is 2. The Hall–Kier alpha value is -1.66. The van der Waals surface area contributed by atoms with Crippen molar-refractivity contribution in [3.8, 4) is 0 Å². The molecule has 0 spiro atoms. The summed E-state index contributed by atoms with van der Waals surface area (Å²) in [5.41, 5.74) is 5.94. The molecule has 0 aliphatic rings. The van der Waals surface area contributed by atoms with E-state index in [-0.39, 0.29) is 12.2 Å². The number of aromatic nitrogens is 1. The van der Waals surface area contributed by atoms with Gasteiger partial charge in [-0.15, -0.1) is 0 Å². The van der Waals surface area contributed by atoms with Gasteiger partial charge in [-0.1, -0.05) is 0 Å². The van der Waals surface area contributed by atoms with Gasteiger partial charge in [0.15, 0.2) is 6.29 Å². The van der Waals surface area contributed by atoms with Crippen molar-refractivity contribution in [1.82, 2.24) is 10.3 Å². The number of carbonyl (C=O) groups is 1. The number of nitrogens with one attached hydrogen (secondary N) is 1. The fourth-order valence-electron chi connectivity index (χ4n) is 1.44. The normalized spacial score (nSPS) is 10.6. The van der Waals surface area contributed by atoms with E-state index in [4.69, 9.17) is 15.2 Å². The van der Waals surface area contributed by atoms with Gasteiger partial charge in [0, 0.05) is 33.4 Å². The van der Waals surface area contributed by atoms with Crippen LogP contribution in [-0.4, -0.2) is 37.9 Å². The largest absolute Gasteiger partial charge is 0.384 e. The Morgan fingerprint density at radius 1 is 1.44 bits per heavy atom. The van der Waals surface area contributed by atoms with E-state index in [1.807, 2.05) is 0 Å². The number of hydrogen-bond donors (Lipinski definition) is 2. The average Bonchev–Trinajstić information content (AvgIpc) is 2.39. The lowest BCUT2D eigenvalue weighted by molar-refractivity contribution is -0.106. The second kappa shape index (κ2) is 7.62. The third-order valence-corrected chi connectivity index (χ3v) is 2.48. The molecular weight excluding hydrogens is 234 g/mol. The number of nitrogens with zero attached hydrogens (tertiary/aromatic N) is 1. The van der Waals surface area contributed by atoms with Crippen LogP contribution >= 0.6 is 0 Å². The maximum absolute atomic E-state index is 11.7. The van der Waals surface area contributed by atoms with Crippen LogP contribution in [0.3, 0.4) is 0 Å². The van der Waals surface area contributed by atoms with E-state index in [0.717, 1.165) is 12.8 Å². The summed E-state index contributed by atoms with van der Waals surface area (Å²) >= 11 is 0. The Bertz CT molecular complexity index is 363. The van der Waals surface area contributed by atoms with Crippen molar-refractivity contribution in [3.63, 3.8) is 0 Å². The molecule has 0 unspecified atom stereocenters. The molecule has 0 atom stereocenters. The Balaban J connectivity index is 2.27. The fourth-order valence-corrected chi connectivity index (χ4v) is 1.44. The number of anilines is 1. The number of amides is 1. The minimum absolute atomic E-state index is 0.158. The number of hydrogen-bond acceptors (Lipinski definition) is 5. The van der Waals surface area contributed by atoms with Crippen LogP contribution in [0.2, 0.25) is 0 Å². The van der Waals surface area contributed by atoms with Crippen LogP contribution < -0.4 is 11.1 Å². The molecule has 1 heterocycles. The quantitative estimate of drug-likeness (QED) is 0.554. The number of nitrogen functional groups attached to an aromatic ring is 1. The van der Waals surface area contributed by atoms with Crippen molar-refractivity contribution in [2.45, 2.75) is 19.1 Å². The first-order valence-electron chi connectivity index (χ1n) is 5.72. The predicted octanol–water partition coefficient (Wildman–Crippen LogP) is 0.793. The van der Waals surface area contributed by atoms with E-state index in [9.17, 15) is 4.79 Å². The highest BCUT2D eigenvalue weighted by molar-refractivity contribution is 5.93. The van der Waals surface area contributed by atoms with E-state index in [1.165, 1.54) is 6.20 Å². The lowest BCUT2D eigenvalue weighted by atomic mass is 10.2. The van der Waals surface area contributed by atoms with Crippen molar-refractivity contribution in [1.29, 1.82) is 0 Å². The maximum Gasteiger partial charge on any atom is 0.252 e. The Morgan fingerprint density at radius 3 is 2.72 bits per heavy atom. The Kier molecular flexibility index (Phi) is 6.10. The van der Waals surface area contributed by atoms with E-state index in [0.29, 0.717) is 17.9 Å². The van der Waals surface area contributed by atoms with Gasteiger partial charge in [0.2, 0.25) is 0 Å². The Labute approximate surface area is 106 Å². The highest BCUT2D eigenvalue weighted by Crippen LogP contribution is 2.03. The summed E-state index contributed by atoms with van der Waals surface area (Å²) in [6.45, 7) is 0.562. The number of rotatable bonds is 7. The molecule has 18 heavy (non-hydrogen) atoms. The van der Waals surface area contributed by atoms with E-state index in [2.05, 4.69) is 10.3 Å². The molecule has 0 aromatic carbocycles. The summed E-state index contributed by atoms with van der Waals surface area (Å²) in [6.07, 6.45) is 2.74. The minimum atomic E-state index is -0.222. The zero-order valence-electron chi connectivity index (χ0n) is 10.7. The van der Waals surface area contributed by atoms with E-state index in [1.54, 1.807) is 26.4 Å². The van der Waals surface area contributed by atoms with Crippen LogP contribution in [0.25, 0.3) is 0 Å². The fraction of sp³-hybridized carbons (Fsp3) is 0.500. The monoisotopic (exact) mass is 253 g/mol. The molecule has 1 aromatic heterocycles. The number of pyridine rings is 1. The van der Waals surface area contributed by atoms with Crippen LogP contribution in [-0.2, 0) is 9.47 Å². The maximum atomic E-state index is 11.7. The molecule has 0 saturated heterocycles. The third-order valence-electron chi connectivity index (χ3n) is 2.48. The zero-order valence-corrected chi connectivity index (χ0v) is 10.7. The molecule has 0 saturated carbocycles. The van der Waals surface area contributed by atoms with Crippen LogP contribution in [0.5, 0.6) is 0 Å². The van der Waals surface area contributed by atoms with E-state index >= 15 is 0 Å². The molecule has 1 rings (SSSR count). The molecule has 6 heteroatoms. The lowest BCUT2D eigenvalue weighted by Crippen LogP contribution is -2.25. The van der Waals surface area contributed by atoms with Crippen molar-refractivity contribution in [3.05, 3.63) is 23.9 Å².